The predicted molar refractivity (Wildman–Crippen MR) is 67.8 cm³/mol. The molecule has 1 aromatic rings. The maximum Gasteiger partial charge on any atom is 0.339 e. The number of rotatable bonds is 7. The third kappa shape index (κ3) is 3.58. The number of carboxylic acids is 1. The summed E-state index contributed by atoms with van der Waals surface area (Å²) >= 11 is 0. The molecule has 0 amide bonds. The lowest BCUT2D eigenvalue weighted by Crippen LogP contribution is -2.35. The summed E-state index contributed by atoms with van der Waals surface area (Å²) in [5, 5.41) is 8.97. The second-order valence-corrected chi connectivity index (χ2v) is 4.36. The lowest BCUT2D eigenvalue weighted by Gasteiger charge is -2.26. The number of nitrogens with zero attached hydrogens (tertiary/aromatic N) is 1. The number of aromatic carboxylic acids is 1. The van der Waals surface area contributed by atoms with Crippen molar-refractivity contribution in [1.29, 1.82) is 0 Å². The molecule has 1 N–H and O–H groups in total. The smallest absolute Gasteiger partial charge is 0.339 e. The zero-order valence-electron chi connectivity index (χ0n) is 11.4. The molecule has 0 spiro atoms. The second kappa shape index (κ2) is 6.56. The molecule has 0 saturated carbocycles. The number of methoxy groups -OCH3 is 1. The van der Waals surface area contributed by atoms with Crippen molar-refractivity contribution < 1.29 is 19.1 Å². The topological polar surface area (TPSA) is 62.9 Å². The van der Waals surface area contributed by atoms with Crippen LogP contribution in [0.4, 0.5) is 0 Å². The van der Waals surface area contributed by atoms with Gasteiger partial charge in [-0.05, 0) is 26.5 Å². The Labute approximate surface area is 107 Å². The zero-order valence-corrected chi connectivity index (χ0v) is 11.4. The third-order valence-electron chi connectivity index (χ3n) is 3.00. The number of furan rings is 1. The van der Waals surface area contributed by atoms with Crippen LogP contribution in [0.1, 0.15) is 35.7 Å². The summed E-state index contributed by atoms with van der Waals surface area (Å²) in [6.07, 6.45) is 0. The van der Waals surface area contributed by atoms with Gasteiger partial charge >= 0.3 is 5.97 Å². The van der Waals surface area contributed by atoms with Crippen molar-refractivity contribution in [2.24, 2.45) is 0 Å². The van der Waals surface area contributed by atoms with E-state index in [2.05, 4.69) is 18.7 Å². The van der Waals surface area contributed by atoms with E-state index in [-0.39, 0.29) is 11.6 Å². The number of likely N-dealkylation sites (N-methyl/N-ethyl adjacent to an activating group) is 1. The van der Waals surface area contributed by atoms with Crippen molar-refractivity contribution >= 4 is 5.97 Å². The average molecular weight is 255 g/mol. The molecule has 18 heavy (non-hydrogen) atoms. The van der Waals surface area contributed by atoms with Crippen molar-refractivity contribution in [3.8, 4) is 0 Å². The summed E-state index contributed by atoms with van der Waals surface area (Å²) in [6.45, 7) is 7.88. The molecule has 1 atom stereocenters. The van der Waals surface area contributed by atoms with Gasteiger partial charge in [0.15, 0.2) is 0 Å². The molecule has 0 aliphatic heterocycles. The molecule has 0 fully saturated rings. The first kappa shape index (κ1) is 14.7. The molecule has 0 radical (unpaired) electrons. The number of hydrogen-bond acceptors (Lipinski definition) is 4. The quantitative estimate of drug-likeness (QED) is 0.808. The van der Waals surface area contributed by atoms with E-state index < -0.39 is 5.97 Å². The van der Waals surface area contributed by atoms with Gasteiger partial charge in [-0.1, -0.05) is 6.92 Å². The Kier molecular flexibility index (Phi) is 5.37. The molecule has 1 aromatic heterocycles. The highest BCUT2D eigenvalue weighted by molar-refractivity contribution is 5.88. The average Bonchev–Trinajstić information content (AvgIpc) is 2.67. The van der Waals surface area contributed by atoms with Gasteiger partial charge in [-0.15, -0.1) is 0 Å². The van der Waals surface area contributed by atoms with Crippen molar-refractivity contribution in [3.05, 3.63) is 23.2 Å². The summed E-state index contributed by atoms with van der Waals surface area (Å²) in [6, 6.07) is 1.86. The summed E-state index contributed by atoms with van der Waals surface area (Å²) in [5.74, 6) is 0.179. The van der Waals surface area contributed by atoms with Crippen LogP contribution in [-0.4, -0.2) is 42.3 Å². The first-order valence-electron chi connectivity index (χ1n) is 6.05. The molecule has 0 bridgehead atoms. The van der Waals surface area contributed by atoms with E-state index in [1.807, 2.05) is 0 Å². The van der Waals surface area contributed by atoms with Gasteiger partial charge in [-0.2, -0.15) is 0 Å². The normalized spacial score (nSPS) is 12.9. The van der Waals surface area contributed by atoms with Crippen LogP contribution in [0.2, 0.25) is 0 Å². The molecular formula is C13H21NO4. The van der Waals surface area contributed by atoms with E-state index in [1.54, 1.807) is 20.1 Å². The highest BCUT2D eigenvalue weighted by Crippen LogP contribution is 2.17. The minimum atomic E-state index is -0.949. The van der Waals surface area contributed by atoms with E-state index in [4.69, 9.17) is 14.3 Å². The van der Waals surface area contributed by atoms with Gasteiger partial charge in [0, 0.05) is 13.2 Å². The lowest BCUT2D eigenvalue weighted by molar-refractivity contribution is 0.0695. The van der Waals surface area contributed by atoms with Crippen LogP contribution >= 0.6 is 0 Å². The van der Waals surface area contributed by atoms with Gasteiger partial charge < -0.3 is 14.3 Å². The molecular weight excluding hydrogens is 234 g/mol. The minimum Gasteiger partial charge on any atom is -0.478 e. The van der Waals surface area contributed by atoms with Crippen LogP contribution in [0, 0.1) is 6.92 Å². The Morgan fingerprint density at radius 1 is 1.61 bits per heavy atom. The molecule has 1 unspecified atom stereocenters. The van der Waals surface area contributed by atoms with Gasteiger partial charge in [0.2, 0.25) is 0 Å². The standard InChI is InChI=1S/C13H21NO4/c1-5-14(9(2)8-17-4)7-11-6-12(13(15)16)10(3)18-11/h6,9H,5,7-8H2,1-4H3,(H,15,16). The monoisotopic (exact) mass is 255 g/mol. The molecule has 5 nitrogen and oxygen atoms in total. The Balaban J connectivity index is 2.76. The lowest BCUT2D eigenvalue weighted by atomic mass is 10.2. The highest BCUT2D eigenvalue weighted by Gasteiger charge is 2.18. The second-order valence-electron chi connectivity index (χ2n) is 4.36. The van der Waals surface area contributed by atoms with Crippen molar-refractivity contribution in [2.45, 2.75) is 33.4 Å². The summed E-state index contributed by atoms with van der Waals surface area (Å²) in [7, 11) is 1.67. The molecule has 0 saturated heterocycles. The summed E-state index contributed by atoms with van der Waals surface area (Å²) in [5.41, 5.74) is 0.237. The van der Waals surface area contributed by atoms with Crippen molar-refractivity contribution in [1.82, 2.24) is 4.90 Å². The molecule has 5 heteroatoms. The van der Waals surface area contributed by atoms with Gasteiger partial charge in [0.05, 0.1) is 13.2 Å². The number of hydrogen-bond donors (Lipinski definition) is 1. The van der Waals surface area contributed by atoms with E-state index in [9.17, 15) is 4.79 Å². The molecule has 0 aliphatic rings. The van der Waals surface area contributed by atoms with E-state index >= 15 is 0 Å². The Bertz CT molecular complexity index is 400. The zero-order chi connectivity index (χ0) is 13.7. The van der Waals surface area contributed by atoms with Crippen LogP contribution in [0.5, 0.6) is 0 Å². The summed E-state index contributed by atoms with van der Waals surface area (Å²) < 4.78 is 10.6. The molecule has 0 aromatic carbocycles. The fourth-order valence-electron chi connectivity index (χ4n) is 1.96. The SMILES string of the molecule is CCN(Cc1cc(C(=O)O)c(C)o1)C(C)COC. The minimum absolute atomic E-state index is 0.237. The molecule has 1 rings (SSSR count). The Morgan fingerprint density at radius 2 is 2.28 bits per heavy atom. The maximum absolute atomic E-state index is 10.9. The fraction of sp³-hybridized carbons (Fsp3) is 0.615. The summed E-state index contributed by atoms with van der Waals surface area (Å²) in [4.78, 5) is 13.1. The highest BCUT2D eigenvalue weighted by atomic mass is 16.5. The fourth-order valence-corrected chi connectivity index (χ4v) is 1.96. The van der Waals surface area contributed by atoms with Crippen LogP contribution in [0.25, 0.3) is 0 Å². The number of ether oxygens (including phenoxy) is 1. The van der Waals surface area contributed by atoms with Crippen molar-refractivity contribution in [3.63, 3.8) is 0 Å². The van der Waals surface area contributed by atoms with Gasteiger partial charge in [-0.3, -0.25) is 4.90 Å². The van der Waals surface area contributed by atoms with E-state index in [0.717, 1.165) is 6.54 Å². The maximum atomic E-state index is 10.9. The number of carboxylic acid groups (broad SMARTS) is 1. The molecule has 0 aliphatic carbocycles. The number of carbonyl (C=O) groups is 1. The van der Waals surface area contributed by atoms with Crippen LogP contribution in [-0.2, 0) is 11.3 Å². The Hall–Kier alpha value is -1.33. The van der Waals surface area contributed by atoms with Gasteiger partial charge in [-0.25, -0.2) is 4.79 Å². The van der Waals surface area contributed by atoms with Crippen molar-refractivity contribution in [2.75, 3.05) is 20.3 Å². The van der Waals surface area contributed by atoms with Crippen LogP contribution in [0.3, 0.4) is 0 Å². The first-order chi connectivity index (χ1) is 8.49. The molecule has 1 heterocycles. The first-order valence-corrected chi connectivity index (χ1v) is 6.05. The van der Waals surface area contributed by atoms with Gasteiger partial charge in [0.1, 0.15) is 17.1 Å². The number of aryl methyl sites for hydroxylation is 1. The van der Waals surface area contributed by atoms with Gasteiger partial charge in [0.25, 0.3) is 0 Å². The van der Waals surface area contributed by atoms with E-state index in [1.165, 1.54) is 0 Å². The Morgan fingerprint density at radius 3 is 2.72 bits per heavy atom. The van der Waals surface area contributed by atoms with E-state index in [0.29, 0.717) is 24.7 Å². The predicted octanol–water partition coefficient (Wildman–Crippen LogP) is 2.14. The van der Waals surface area contributed by atoms with Crippen LogP contribution < -0.4 is 0 Å². The molecule has 102 valence electrons. The largest absolute Gasteiger partial charge is 0.478 e. The third-order valence-corrected chi connectivity index (χ3v) is 3.00. The van der Waals surface area contributed by atoms with Crippen LogP contribution in [0.15, 0.2) is 10.5 Å².